The summed E-state index contributed by atoms with van der Waals surface area (Å²) in [4.78, 5) is 50.9. The Balaban J connectivity index is 1.38. The zero-order valence-electron chi connectivity index (χ0n) is 17.6. The maximum Gasteiger partial charge on any atom is 0.294 e. The molecule has 1 aliphatic carbocycles. The largest absolute Gasteiger partial charge is 0.362 e. The minimum atomic E-state index is -0.441. The fraction of sp³-hybridized carbons (Fsp3) is 0.455. The van der Waals surface area contributed by atoms with Gasteiger partial charge in [-0.1, -0.05) is 12.8 Å². The summed E-state index contributed by atoms with van der Waals surface area (Å²) in [5.74, 6) is -0.382. The van der Waals surface area contributed by atoms with E-state index in [1.165, 1.54) is 11.0 Å². The molecule has 10 heteroatoms. The molecule has 1 aromatic heterocycles. The van der Waals surface area contributed by atoms with Gasteiger partial charge >= 0.3 is 0 Å². The molecule has 166 valence electrons. The lowest BCUT2D eigenvalue weighted by molar-refractivity contribution is -0.384. The first-order chi connectivity index (χ1) is 15.5. The molecule has 0 N–H and O–H groups in total. The first-order valence-electron chi connectivity index (χ1n) is 11.0. The Morgan fingerprint density at radius 2 is 1.50 bits per heavy atom. The fourth-order valence-corrected chi connectivity index (χ4v) is 5.08. The number of carbonyl (C=O) groups is 2. The molecule has 0 radical (unpaired) electrons. The van der Waals surface area contributed by atoms with Gasteiger partial charge in [0.1, 0.15) is 5.69 Å². The van der Waals surface area contributed by atoms with Crippen LogP contribution >= 0.6 is 0 Å². The Hall–Kier alpha value is -3.56. The zero-order valence-corrected chi connectivity index (χ0v) is 17.6. The molecule has 2 amide bonds. The number of hydrogen-bond donors (Lipinski definition) is 0. The summed E-state index contributed by atoms with van der Waals surface area (Å²) in [5, 5.41) is 11.9. The van der Waals surface area contributed by atoms with Gasteiger partial charge < -0.3 is 9.80 Å². The van der Waals surface area contributed by atoms with E-state index in [-0.39, 0.29) is 29.3 Å². The van der Waals surface area contributed by atoms with Crippen molar-refractivity contribution in [3.63, 3.8) is 0 Å². The third kappa shape index (κ3) is 3.45. The number of piperazine rings is 1. The Morgan fingerprint density at radius 3 is 2.09 bits per heavy atom. The monoisotopic (exact) mass is 436 g/mol. The molecule has 3 fully saturated rings. The Kier molecular flexibility index (Phi) is 5.20. The summed E-state index contributed by atoms with van der Waals surface area (Å²) < 4.78 is 0. The van der Waals surface area contributed by atoms with E-state index in [1.807, 2.05) is 9.80 Å². The number of hydrogen-bond acceptors (Lipinski definition) is 8. The standard InChI is InChI=1S/C22H24N6O4/c29-20-16-4-1-2-5-17(16)21(30)27(20)15-6-7-18(19(14-15)28(31)32)25-10-12-26(13-11-25)22-23-8-3-9-24-22/h3,6-9,14,16-17H,1-2,4-5,10-13H2. The molecule has 5 rings (SSSR count). The van der Waals surface area contributed by atoms with Gasteiger partial charge in [0.25, 0.3) is 5.69 Å². The second-order valence-electron chi connectivity index (χ2n) is 8.46. The number of carbonyl (C=O) groups excluding carboxylic acids is 2. The molecule has 2 aromatic rings. The van der Waals surface area contributed by atoms with Crippen LogP contribution in [0.4, 0.5) is 23.0 Å². The Bertz CT molecular complexity index is 1030. The van der Waals surface area contributed by atoms with Crippen LogP contribution in [-0.4, -0.2) is 52.9 Å². The van der Waals surface area contributed by atoms with Crippen LogP contribution in [0.25, 0.3) is 0 Å². The van der Waals surface area contributed by atoms with Gasteiger partial charge in [-0.2, -0.15) is 0 Å². The molecular weight excluding hydrogens is 412 g/mol. The van der Waals surface area contributed by atoms with Gasteiger partial charge in [-0.3, -0.25) is 19.7 Å². The highest BCUT2D eigenvalue weighted by atomic mass is 16.6. The molecule has 2 saturated heterocycles. The molecule has 1 aromatic carbocycles. The summed E-state index contributed by atoms with van der Waals surface area (Å²) in [5.41, 5.74) is 0.687. The van der Waals surface area contributed by atoms with E-state index in [1.54, 1.807) is 30.6 Å². The van der Waals surface area contributed by atoms with Crippen LogP contribution in [0.5, 0.6) is 0 Å². The summed E-state index contributed by atoms with van der Waals surface area (Å²) >= 11 is 0. The third-order valence-electron chi connectivity index (χ3n) is 6.71. The van der Waals surface area contributed by atoms with Gasteiger partial charge in [-0.05, 0) is 31.0 Å². The van der Waals surface area contributed by atoms with Crippen molar-refractivity contribution >= 4 is 34.8 Å². The summed E-state index contributed by atoms with van der Waals surface area (Å²) in [7, 11) is 0. The van der Waals surface area contributed by atoms with Crippen LogP contribution in [0.15, 0.2) is 36.7 Å². The lowest BCUT2D eigenvalue weighted by Gasteiger charge is -2.35. The topological polar surface area (TPSA) is 113 Å². The number of nitrogens with zero attached hydrogens (tertiary/aromatic N) is 6. The molecule has 3 heterocycles. The van der Waals surface area contributed by atoms with Crippen LogP contribution in [0.3, 0.4) is 0 Å². The maximum absolute atomic E-state index is 12.9. The van der Waals surface area contributed by atoms with Crippen molar-refractivity contribution < 1.29 is 14.5 Å². The number of rotatable bonds is 4. The molecular formula is C22H24N6O4. The van der Waals surface area contributed by atoms with Crippen molar-refractivity contribution in [3.8, 4) is 0 Å². The predicted molar refractivity (Wildman–Crippen MR) is 117 cm³/mol. The van der Waals surface area contributed by atoms with Crippen LogP contribution in [0, 0.1) is 22.0 Å². The highest BCUT2D eigenvalue weighted by molar-refractivity contribution is 6.22. The van der Waals surface area contributed by atoms with Gasteiger partial charge in [-0.25, -0.2) is 14.9 Å². The second-order valence-corrected chi connectivity index (χ2v) is 8.46. The molecule has 3 aliphatic rings. The summed E-state index contributed by atoms with van der Waals surface area (Å²) in [6.07, 6.45) is 6.67. The first-order valence-corrected chi connectivity index (χ1v) is 11.0. The van der Waals surface area contributed by atoms with Gasteiger partial charge in [0.15, 0.2) is 0 Å². The van der Waals surface area contributed by atoms with Crippen LogP contribution in [0.1, 0.15) is 25.7 Å². The van der Waals surface area contributed by atoms with Crippen molar-refractivity contribution in [2.45, 2.75) is 25.7 Å². The van der Waals surface area contributed by atoms with E-state index in [4.69, 9.17) is 0 Å². The van der Waals surface area contributed by atoms with Gasteiger partial charge in [0, 0.05) is 44.6 Å². The number of amides is 2. The van der Waals surface area contributed by atoms with E-state index in [9.17, 15) is 19.7 Å². The van der Waals surface area contributed by atoms with Gasteiger partial charge in [0.2, 0.25) is 17.8 Å². The molecule has 1 saturated carbocycles. The lowest BCUT2D eigenvalue weighted by atomic mass is 9.81. The minimum Gasteiger partial charge on any atom is -0.362 e. The van der Waals surface area contributed by atoms with E-state index in [0.29, 0.717) is 56.3 Å². The molecule has 10 nitrogen and oxygen atoms in total. The van der Waals surface area contributed by atoms with Crippen molar-refractivity contribution in [2.75, 3.05) is 40.9 Å². The van der Waals surface area contributed by atoms with Crippen molar-refractivity contribution in [1.29, 1.82) is 0 Å². The second kappa shape index (κ2) is 8.18. The van der Waals surface area contributed by atoms with E-state index in [2.05, 4.69) is 9.97 Å². The normalized spacial score (nSPS) is 23.4. The number of aromatic nitrogens is 2. The first kappa shape index (κ1) is 20.3. The average molecular weight is 436 g/mol. The number of anilines is 3. The Morgan fingerprint density at radius 1 is 0.906 bits per heavy atom. The van der Waals surface area contributed by atoms with Crippen molar-refractivity contribution in [2.24, 2.45) is 11.8 Å². The maximum atomic E-state index is 12.9. The number of imide groups is 1. The fourth-order valence-electron chi connectivity index (χ4n) is 5.08. The van der Waals surface area contributed by atoms with Gasteiger partial charge in [0.05, 0.1) is 22.4 Å². The number of benzene rings is 1. The predicted octanol–water partition coefficient (Wildman–Crippen LogP) is 2.39. The molecule has 2 atom stereocenters. The molecule has 0 spiro atoms. The molecule has 32 heavy (non-hydrogen) atoms. The van der Waals surface area contributed by atoms with E-state index in [0.717, 1.165) is 12.8 Å². The smallest absolute Gasteiger partial charge is 0.294 e. The molecule has 0 bridgehead atoms. The average Bonchev–Trinajstić information content (AvgIpc) is 3.09. The molecule has 2 aliphatic heterocycles. The quantitative estimate of drug-likeness (QED) is 0.408. The highest BCUT2D eigenvalue weighted by Gasteiger charge is 2.49. The van der Waals surface area contributed by atoms with E-state index >= 15 is 0 Å². The van der Waals surface area contributed by atoms with Crippen LogP contribution in [-0.2, 0) is 9.59 Å². The molecule has 2 unspecified atom stereocenters. The van der Waals surface area contributed by atoms with E-state index < -0.39 is 4.92 Å². The number of nitro benzene ring substituents is 1. The third-order valence-corrected chi connectivity index (χ3v) is 6.71. The SMILES string of the molecule is O=C1C2CCCCC2C(=O)N1c1ccc(N2CCN(c3ncccn3)CC2)c([N+](=O)[O-])c1. The number of fused-ring (bicyclic) bond motifs is 1. The summed E-state index contributed by atoms with van der Waals surface area (Å²) in [6, 6.07) is 6.44. The van der Waals surface area contributed by atoms with Crippen molar-refractivity contribution in [1.82, 2.24) is 9.97 Å². The minimum absolute atomic E-state index is 0.0950. The summed E-state index contributed by atoms with van der Waals surface area (Å²) in [6.45, 7) is 2.42. The van der Waals surface area contributed by atoms with Crippen LogP contribution in [0.2, 0.25) is 0 Å². The Labute approximate surface area is 185 Å². The zero-order chi connectivity index (χ0) is 22.2. The number of nitro groups is 1. The van der Waals surface area contributed by atoms with Crippen LogP contribution < -0.4 is 14.7 Å². The van der Waals surface area contributed by atoms with Crippen molar-refractivity contribution in [3.05, 3.63) is 46.8 Å². The highest BCUT2D eigenvalue weighted by Crippen LogP contribution is 2.42. The van der Waals surface area contributed by atoms with Gasteiger partial charge in [-0.15, -0.1) is 0 Å². The lowest BCUT2D eigenvalue weighted by Crippen LogP contribution is -2.47.